The minimum Gasteiger partial charge on any atom is -0.375 e. The van der Waals surface area contributed by atoms with Gasteiger partial charge in [-0.3, -0.25) is 4.57 Å². The summed E-state index contributed by atoms with van der Waals surface area (Å²) in [4.78, 5) is 25.5. The summed E-state index contributed by atoms with van der Waals surface area (Å²) in [5, 5.41) is 7.34. The van der Waals surface area contributed by atoms with E-state index in [1.54, 1.807) is 24.0 Å². The molecule has 4 aromatic rings. The number of hydrogen-bond donors (Lipinski definition) is 1. The molecular weight excluding hydrogens is 526 g/mol. The van der Waals surface area contributed by atoms with Crippen LogP contribution in [0, 0.1) is 6.92 Å². The SMILES string of the molecule is Cc1cc(S(N)(=O)=O)ccc1N(CCN(C)C)c1nc(N2CCOC(C)C2)nc2c1ncn2-c1cscn1. The third-order valence-electron chi connectivity index (χ3n) is 6.37. The van der Waals surface area contributed by atoms with Gasteiger partial charge in [-0.1, -0.05) is 0 Å². The van der Waals surface area contributed by atoms with Crippen molar-refractivity contribution in [1.29, 1.82) is 0 Å². The van der Waals surface area contributed by atoms with Crippen LogP contribution in [0.5, 0.6) is 0 Å². The zero-order valence-electron chi connectivity index (χ0n) is 21.8. The lowest BCUT2D eigenvalue weighted by atomic mass is 10.1. The quantitative estimate of drug-likeness (QED) is 0.343. The molecule has 12 nitrogen and oxygen atoms in total. The van der Waals surface area contributed by atoms with Gasteiger partial charge in [-0.05, 0) is 51.7 Å². The number of imidazole rings is 1. The van der Waals surface area contributed by atoms with E-state index >= 15 is 0 Å². The van der Waals surface area contributed by atoms with E-state index in [4.69, 9.17) is 24.8 Å². The molecule has 0 amide bonds. The zero-order valence-corrected chi connectivity index (χ0v) is 23.4. The van der Waals surface area contributed by atoms with Crippen LogP contribution in [-0.4, -0.2) is 90.8 Å². The molecule has 3 aromatic heterocycles. The topological polar surface area (TPSA) is 136 Å². The Hall–Kier alpha value is -3.17. The molecule has 0 radical (unpaired) electrons. The van der Waals surface area contributed by atoms with E-state index in [0.29, 0.717) is 49.2 Å². The monoisotopic (exact) mass is 557 g/mol. The number of likely N-dealkylation sites (N-methyl/N-ethyl adjacent to an activating group) is 1. The maximum absolute atomic E-state index is 12.0. The van der Waals surface area contributed by atoms with Crippen LogP contribution < -0.4 is 14.9 Å². The van der Waals surface area contributed by atoms with Gasteiger partial charge in [0.05, 0.1) is 23.1 Å². The minimum atomic E-state index is -3.83. The maximum Gasteiger partial charge on any atom is 0.238 e. The number of sulfonamides is 1. The van der Waals surface area contributed by atoms with E-state index in [-0.39, 0.29) is 11.0 Å². The van der Waals surface area contributed by atoms with Crippen LogP contribution in [0.2, 0.25) is 0 Å². The molecule has 0 saturated carbocycles. The number of ether oxygens (including phenoxy) is 1. The van der Waals surface area contributed by atoms with Gasteiger partial charge in [0.15, 0.2) is 22.8 Å². The minimum absolute atomic E-state index is 0.0489. The Morgan fingerprint density at radius 2 is 2.03 bits per heavy atom. The molecule has 0 bridgehead atoms. The van der Waals surface area contributed by atoms with Crippen molar-refractivity contribution >= 4 is 50.0 Å². The summed E-state index contributed by atoms with van der Waals surface area (Å²) >= 11 is 1.50. The fourth-order valence-electron chi connectivity index (χ4n) is 4.44. The molecule has 2 N–H and O–H groups in total. The predicted molar refractivity (Wildman–Crippen MR) is 148 cm³/mol. The first-order valence-electron chi connectivity index (χ1n) is 12.2. The predicted octanol–water partition coefficient (Wildman–Crippen LogP) is 2.15. The van der Waals surface area contributed by atoms with Crippen molar-refractivity contribution in [2.75, 3.05) is 56.7 Å². The number of rotatable bonds is 8. The summed E-state index contributed by atoms with van der Waals surface area (Å²) in [6.45, 7) is 7.11. The number of nitrogens with two attached hydrogens (primary N) is 1. The Bertz CT molecular complexity index is 1540. The third-order valence-corrected chi connectivity index (χ3v) is 7.86. The van der Waals surface area contributed by atoms with Gasteiger partial charge in [-0.25, -0.2) is 23.5 Å². The zero-order chi connectivity index (χ0) is 27.0. The van der Waals surface area contributed by atoms with Crippen molar-refractivity contribution in [2.24, 2.45) is 5.14 Å². The van der Waals surface area contributed by atoms with Crippen molar-refractivity contribution in [3.63, 3.8) is 0 Å². The van der Waals surface area contributed by atoms with Gasteiger partial charge in [0.1, 0.15) is 6.33 Å². The number of morpholine rings is 1. The van der Waals surface area contributed by atoms with Crippen LogP contribution in [-0.2, 0) is 14.8 Å². The first kappa shape index (κ1) is 26.4. The van der Waals surface area contributed by atoms with Gasteiger partial charge < -0.3 is 19.4 Å². The second kappa shape index (κ2) is 10.5. The van der Waals surface area contributed by atoms with Gasteiger partial charge in [0.25, 0.3) is 0 Å². The Balaban J connectivity index is 1.71. The fraction of sp³-hybridized carbons (Fsp3) is 0.417. The van der Waals surface area contributed by atoms with Crippen molar-refractivity contribution in [3.05, 3.63) is 41.0 Å². The average molecular weight is 558 g/mol. The highest BCUT2D eigenvalue weighted by Crippen LogP contribution is 2.34. The van der Waals surface area contributed by atoms with Crippen molar-refractivity contribution in [3.8, 4) is 5.82 Å². The van der Waals surface area contributed by atoms with Crippen molar-refractivity contribution in [2.45, 2.75) is 24.8 Å². The first-order chi connectivity index (χ1) is 18.1. The molecule has 1 saturated heterocycles. The summed E-state index contributed by atoms with van der Waals surface area (Å²) in [6.07, 6.45) is 1.76. The number of fused-ring (bicyclic) bond motifs is 1. The number of benzene rings is 1. The number of hydrogen-bond acceptors (Lipinski definition) is 11. The highest BCUT2D eigenvalue weighted by Gasteiger charge is 2.26. The van der Waals surface area contributed by atoms with Gasteiger partial charge in [0.2, 0.25) is 16.0 Å². The first-order valence-corrected chi connectivity index (χ1v) is 14.7. The van der Waals surface area contributed by atoms with Gasteiger partial charge >= 0.3 is 0 Å². The van der Waals surface area contributed by atoms with Gasteiger partial charge in [-0.15, -0.1) is 11.3 Å². The van der Waals surface area contributed by atoms with Crippen LogP contribution in [0.15, 0.2) is 40.3 Å². The number of primary sulfonamides is 1. The van der Waals surface area contributed by atoms with Gasteiger partial charge in [0, 0.05) is 37.2 Å². The second-order valence-electron chi connectivity index (χ2n) is 9.56. The molecule has 1 aliphatic rings. The summed E-state index contributed by atoms with van der Waals surface area (Å²) in [5.41, 5.74) is 4.60. The molecule has 5 rings (SSSR count). The Kier molecular flexibility index (Phi) is 7.33. The van der Waals surface area contributed by atoms with E-state index in [1.165, 1.54) is 17.4 Å². The maximum atomic E-state index is 12.0. The Morgan fingerprint density at radius 3 is 2.68 bits per heavy atom. The number of thiazole rings is 1. The highest BCUT2D eigenvalue weighted by atomic mass is 32.2. The van der Waals surface area contributed by atoms with E-state index in [1.807, 2.05) is 37.9 Å². The molecule has 0 spiro atoms. The van der Waals surface area contributed by atoms with Crippen LogP contribution in [0.4, 0.5) is 17.5 Å². The Morgan fingerprint density at radius 1 is 1.21 bits per heavy atom. The summed E-state index contributed by atoms with van der Waals surface area (Å²) < 4.78 is 31.6. The summed E-state index contributed by atoms with van der Waals surface area (Å²) in [6, 6.07) is 4.88. The summed E-state index contributed by atoms with van der Waals surface area (Å²) in [7, 11) is 0.171. The number of aromatic nitrogens is 5. The fourth-order valence-corrected chi connectivity index (χ4v) is 5.57. The normalized spacial score (nSPS) is 16.5. The Labute approximate surface area is 225 Å². The number of aryl methyl sites for hydroxylation is 1. The summed E-state index contributed by atoms with van der Waals surface area (Å²) in [5.74, 6) is 1.94. The average Bonchev–Trinajstić information content (AvgIpc) is 3.54. The molecular formula is C24H31N9O3S2. The van der Waals surface area contributed by atoms with Gasteiger partial charge in [-0.2, -0.15) is 9.97 Å². The molecule has 0 aliphatic carbocycles. The number of anilines is 3. The van der Waals surface area contributed by atoms with Crippen molar-refractivity contribution < 1.29 is 13.2 Å². The molecule has 1 fully saturated rings. The lowest BCUT2D eigenvalue weighted by molar-refractivity contribution is 0.0526. The van der Waals surface area contributed by atoms with Crippen LogP contribution >= 0.6 is 11.3 Å². The largest absolute Gasteiger partial charge is 0.375 e. The van der Waals surface area contributed by atoms with Crippen LogP contribution in [0.3, 0.4) is 0 Å². The smallest absolute Gasteiger partial charge is 0.238 e. The highest BCUT2D eigenvalue weighted by molar-refractivity contribution is 7.89. The van der Waals surface area contributed by atoms with E-state index in [9.17, 15) is 8.42 Å². The van der Waals surface area contributed by atoms with E-state index < -0.39 is 10.0 Å². The molecule has 1 aliphatic heterocycles. The van der Waals surface area contributed by atoms with Crippen molar-refractivity contribution in [1.82, 2.24) is 29.4 Å². The molecule has 14 heteroatoms. The molecule has 4 heterocycles. The third kappa shape index (κ3) is 5.35. The van der Waals surface area contributed by atoms with Crippen LogP contribution in [0.1, 0.15) is 12.5 Å². The molecule has 38 heavy (non-hydrogen) atoms. The number of nitrogens with zero attached hydrogens (tertiary/aromatic N) is 8. The molecule has 1 aromatic carbocycles. The van der Waals surface area contributed by atoms with E-state index in [2.05, 4.69) is 19.7 Å². The molecule has 1 unspecified atom stereocenters. The van der Waals surface area contributed by atoms with Crippen LogP contribution in [0.25, 0.3) is 17.0 Å². The second-order valence-corrected chi connectivity index (χ2v) is 11.8. The standard InChI is InChI=1S/C24H31N9O3S2/c1-16-11-18(38(25,34)35)5-6-19(16)32(8-7-30(3)4)22-21-23(33(14-26-21)20-13-37-15-27-20)29-24(28-22)31-9-10-36-17(2)12-31/h5-6,11,13-15,17H,7-10,12H2,1-4H3,(H2,25,34,35). The molecule has 202 valence electrons. The lowest BCUT2D eigenvalue weighted by Crippen LogP contribution is -2.42. The molecule has 1 atom stereocenters. The lowest BCUT2D eigenvalue weighted by Gasteiger charge is -2.32. The van der Waals surface area contributed by atoms with E-state index in [0.717, 1.165) is 23.6 Å².